The van der Waals surface area contributed by atoms with Crippen molar-refractivity contribution in [3.05, 3.63) is 60.5 Å². The molecule has 2 heterocycles. The van der Waals surface area contributed by atoms with Crippen molar-refractivity contribution in [2.75, 3.05) is 37.6 Å². The zero-order valence-corrected chi connectivity index (χ0v) is 17.1. The molecule has 0 unspecified atom stereocenters. The van der Waals surface area contributed by atoms with Crippen molar-refractivity contribution >= 4 is 26.4 Å². The van der Waals surface area contributed by atoms with Crippen LogP contribution in [-0.4, -0.2) is 57.2 Å². The number of pyridine rings is 1. The molecule has 0 amide bonds. The number of aromatic nitrogens is 1. The minimum atomic E-state index is -4.32. The topological polar surface area (TPSA) is 53.5 Å². The van der Waals surface area contributed by atoms with Crippen LogP contribution in [-0.2, 0) is 9.84 Å². The number of para-hydroxylation sites is 2. The van der Waals surface area contributed by atoms with E-state index in [1.165, 1.54) is 34.2 Å². The predicted octanol–water partition coefficient (Wildman–Crippen LogP) is 3.89. The van der Waals surface area contributed by atoms with Gasteiger partial charge >= 0.3 is 6.18 Å². The van der Waals surface area contributed by atoms with Crippen LogP contribution in [0.2, 0.25) is 0 Å². The predicted molar refractivity (Wildman–Crippen MR) is 108 cm³/mol. The minimum absolute atomic E-state index is 0.0448. The second-order valence-corrected chi connectivity index (χ2v) is 9.19. The largest absolute Gasteiger partial charge is 0.401 e. The summed E-state index contributed by atoms with van der Waals surface area (Å²) in [6.45, 7) is -0.808. The van der Waals surface area contributed by atoms with Crippen LogP contribution < -0.4 is 4.90 Å². The summed E-state index contributed by atoms with van der Waals surface area (Å²) >= 11 is 0. The van der Waals surface area contributed by atoms with Gasteiger partial charge in [0.15, 0.2) is 0 Å². The fraction of sp³-hybridized carbons (Fsp3) is 0.286. The number of benzene rings is 2. The first kappa shape index (κ1) is 21.5. The molecule has 164 valence electrons. The molecule has 1 saturated heterocycles. The summed E-state index contributed by atoms with van der Waals surface area (Å²) in [5.74, 6) is -0.737. The maximum absolute atomic E-state index is 14.8. The second-order valence-electron chi connectivity index (χ2n) is 7.30. The lowest BCUT2D eigenvalue weighted by Gasteiger charge is -2.37. The van der Waals surface area contributed by atoms with E-state index >= 15 is 0 Å². The van der Waals surface area contributed by atoms with Crippen molar-refractivity contribution in [2.45, 2.75) is 16.0 Å². The van der Waals surface area contributed by atoms with Gasteiger partial charge in [-0.15, -0.1) is 0 Å². The Morgan fingerprint density at radius 1 is 0.903 bits per heavy atom. The quantitative estimate of drug-likeness (QED) is 0.561. The van der Waals surface area contributed by atoms with Gasteiger partial charge in [-0.1, -0.05) is 24.3 Å². The number of anilines is 1. The molecule has 0 aliphatic carbocycles. The third-order valence-corrected chi connectivity index (χ3v) is 7.03. The smallest absolute Gasteiger partial charge is 0.366 e. The standard InChI is InChI=1S/C21H19F4N3O2S/c22-16-6-2-8-18(20(16)28-12-10-27(11-13-28)14-21(23,24)25)31(29,30)17-7-1-4-15-5-3-9-26-19(15)17/h1-9H,10-14H2. The number of nitrogens with zero attached hydrogens (tertiary/aromatic N) is 3. The molecule has 1 aromatic heterocycles. The van der Waals surface area contributed by atoms with Crippen LogP contribution >= 0.6 is 0 Å². The average Bonchev–Trinajstić information content (AvgIpc) is 2.73. The summed E-state index contributed by atoms with van der Waals surface area (Å²) in [7, 11) is -4.15. The maximum Gasteiger partial charge on any atom is 0.401 e. The molecule has 0 bridgehead atoms. The Bertz CT molecular complexity index is 1200. The first-order chi connectivity index (χ1) is 14.7. The van der Waals surface area contributed by atoms with Crippen molar-refractivity contribution in [3.8, 4) is 0 Å². The number of hydrogen-bond donors (Lipinski definition) is 0. The van der Waals surface area contributed by atoms with Crippen molar-refractivity contribution in [2.24, 2.45) is 0 Å². The highest BCUT2D eigenvalue weighted by atomic mass is 32.2. The molecule has 1 aliphatic rings. The molecule has 0 spiro atoms. The Morgan fingerprint density at radius 3 is 2.26 bits per heavy atom. The highest BCUT2D eigenvalue weighted by Gasteiger charge is 2.34. The highest BCUT2D eigenvalue weighted by molar-refractivity contribution is 7.92. The van der Waals surface area contributed by atoms with Gasteiger partial charge in [0.1, 0.15) is 5.82 Å². The van der Waals surface area contributed by atoms with Crippen molar-refractivity contribution in [1.29, 1.82) is 0 Å². The van der Waals surface area contributed by atoms with Gasteiger partial charge in [0.2, 0.25) is 9.84 Å². The van der Waals surface area contributed by atoms with Gasteiger partial charge in [-0.05, 0) is 24.3 Å². The van der Waals surface area contributed by atoms with Crippen molar-refractivity contribution in [1.82, 2.24) is 9.88 Å². The van der Waals surface area contributed by atoms with Crippen LogP contribution in [0.15, 0.2) is 64.5 Å². The maximum atomic E-state index is 14.8. The fourth-order valence-electron chi connectivity index (χ4n) is 3.81. The van der Waals surface area contributed by atoms with E-state index in [9.17, 15) is 26.0 Å². The molecule has 1 fully saturated rings. The molecule has 10 heteroatoms. The summed E-state index contributed by atoms with van der Waals surface area (Å²) in [4.78, 5) is 6.62. The number of alkyl halides is 3. The van der Waals surface area contributed by atoms with Gasteiger partial charge in [-0.3, -0.25) is 9.88 Å². The van der Waals surface area contributed by atoms with E-state index in [4.69, 9.17) is 0 Å². The Kier molecular flexibility index (Phi) is 5.61. The van der Waals surface area contributed by atoms with Crippen LogP contribution in [0.5, 0.6) is 0 Å². The minimum Gasteiger partial charge on any atom is -0.366 e. The molecule has 0 atom stereocenters. The number of sulfone groups is 1. The summed E-state index contributed by atoms with van der Waals surface area (Å²) < 4.78 is 79.9. The molecular formula is C21H19F4N3O2S. The lowest BCUT2D eigenvalue weighted by Crippen LogP contribution is -2.49. The lowest BCUT2D eigenvalue weighted by molar-refractivity contribution is -0.146. The number of fused-ring (bicyclic) bond motifs is 1. The number of halogens is 4. The second kappa shape index (κ2) is 8.08. The van der Waals surface area contributed by atoms with E-state index in [1.807, 2.05) is 0 Å². The summed E-state index contributed by atoms with van der Waals surface area (Å²) in [5.41, 5.74) is 0.150. The third-order valence-electron chi connectivity index (χ3n) is 5.22. The van der Waals surface area contributed by atoms with E-state index in [0.29, 0.717) is 5.39 Å². The Balaban J connectivity index is 1.72. The van der Waals surface area contributed by atoms with Gasteiger partial charge in [-0.25, -0.2) is 12.8 Å². The number of hydrogen-bond acceptors (Lipinski definition) is 5. The van der Waals surface area contributed by atoms with Crippen LogP contribution in [0.3, 0.4) is 0 Å². The molecule has 31 heavy (non-hydrogen) atoms. The molecule has 0 saturated carbocycles. The zero-order valence-electron chi connectivity index (χ0n) is 16.3. The Hall–Kier alpha value is -2.72. The molecule has 1 aliphatic heterocycles. The number of piperazine rings is 1. The third kappa shape index (κ3) is 4.35. The van der Waals surface area contributed by atoms with Crippen LogP contribution in [0.1, 0.15) is 0 Å². The summed E-state index contributed by atoms with van der Waals surface area (Å²) in [6.07, 6.45) is -2.84. The molecular weight excluding hydrogens is 434 g/mol. The fourth-order valence-corrected chi connectivity index (χ4v) is 5.47. The molecule has 3 aromatic rings. The van der Waals surface area contributed by atoms with Crippen LogP contribution in [0, 0.1) is 5.82 Å². The Labute approximate surface area is 176 Å². The molecule has 0 N–H and O–H groups in total. The first-order valence-corrected chi connectivity index (χ1v) is 11.1. The van der Waals surface area contributed by atoms with Crippen LogP contribution in [0.4, 0.5) is 23.2 Å². The average molecular weight is 453 g/mol. The van der Waals surface area contributed by atoms with Crippen LogP contribution in [0.25, 0.3) is 10.9 Å². The van der Waals surface area contributed by atoms with Crippen molar-refractivity contribution in [3.63, 3.8) is 0 Å². The summed E-state index contributed by atoms with van der Waals surface area (Å²) in [5, 5.41) is 0.627. The normalized spacial score (nSPS) is 16.1. The lowest BCUT2D eigenvalue weighted by atomic mass is 10.2. The number of rotatable bonds is 4. The van der Waals surface area contributed by atoms with Crippen molar-refractivity contribution < 1.29 is 26.0 Å². The van der Waals surface area contributed by atoms with E-state index < -0.39 is 28.4 Å². The van der Waals surface area contributed by atoms with E-state index in [2.05, 4.69) is 4.98 Å². The van der Waals surface area contributed by atoms with Gasteiger partial charge in [0.25, 0.3) is 0 Å². The zero-order chi connectivity index (χ0) is 22.2. The van der Waals surface area contributed by atoms with E-state index in [-0.39, 0.29) is 47.2 Å². The molecule has 0 radical (unpaired) electrons. The summed E-state index contributed by atoms with van der Waals surface area (Å²) in [6, 6.07) is 11.9. The Morgan fingerprint density at radius 2 is 1.55 bits per heavy atom. The van der Waals surface area contributed by atoms with E-state index in [1.54, 1.807) is 24.3 Å². The molecule has 4 rings (SSSR count). The van der Waals surface area contributed by atoms with Gasteiger partial charge < -0.3 is 4.90 Å². The highest BCUT2D eigenvalue weighted by Crippen LogP contribution is 2.35. The SMILES string of the molecule is O=S(=O)(c1cccc(F)c1N1CCN(CC(F)(F)F)CC1)c1cccc2cccnc12. The monoisotopic (exact) mass is 453 g/mol. The first-order valence-electron chi connectivity index (χ1n) is 9.58. The van der Waals surface area contributed by atoms with Gasteiger partial charge in [-0.2, -0.15) is 13.2 Å². The molecule has 2 aromatic carbocycles. The van der Waals surface area contributed by atoms with Gasteiger partial charge in [0, 0.05) is 37.8 Å². The molecule has 5 nitrogen and oxygen atoms in total. The van der Waals surface area contributed by atoms with E-state index in [0.717, 1.165) is 6.07 Å². The van der Waals surface area contributed by atoms with Gasteiger partial charge in [0.05, 0.1) is 27.5 Å².